The maximum atomic E-state index is 13.7. The minimum atomic E-state index is -0.563. The van der Waals surface area contributed by atoms with Gasteiger partial charge in [-0.2, -0.15) is 0 Å². The molecule has 3 saturated heterocycles. The second kappa shape index (κ2) is 9.30. The Balaban J connectivity index is 1.64. The average Bonchev–Trinajstić information content (AvgIpc) is 3.35. The van der Waals surface area contributed by atoms with Crippen molar-refractivity contribution < 1.29 is 19.5 Å². The first-order valence-electron chi connectivity index (χ1n) is 12.1. The van der Waals surface area contributed by atoms with E-state index in [1.165, 1.54) is 6.42 Å². The van der Waals surface area contributed by atoms with Crippen LogP contribution in [0.3, 0.4) is 0 Å². The third-order valence-corrected chi connectivity index (χ3v) is 9.93. The number of carbonyl (C=O) groups is 3. The Hall–Kier alpha value is -1.28. The molecule has 6 atom stereocenters. The van der Waals surface area contributed by atoms with Gasteiger partial charge in [-0.05, 0) is 38.0 Å². The Morgan fingerprint density at radius 2 is 1.97 bits per heavy atom. The van der Waals surface area contributed by atoms with Crippen molar-refractivity contribution in [2.75, 3.05) is 19.7 Å². The number of thioether (sulfide) groups is 1. The van der Waals surface area contributed by atoms with E-state index in [1.54, 1.807) is 16.7 Å². The van der Waals surface area contributed by atoms with Crippen molar-refractivity contribution in [1.29, 1.82) is 0 Å². The molecule has 1 saturated carbocycles. The fourth-order valence-corrected chi connectivity index (χ4v) is 8.92. The molecule has 3 N–H and O–H groups in total. The lowest BCUT2D eigenvalue weighted by molar-refractivity contribution is -0.140. The molecule has 0 aromatic carbocycles. The van der Waals surface area contributed by atoms with Crippen molar-refractivity contribution >= 4 is 29.5 Å². The molecule has 1 aliphatic carbocycles. The van der Waals surface area contributed by atoms with Gasteiger partial charge in [0.15, 0.2) is 0 Å². The van der Waals surface area contributed by atoms with Gasteiger partial charge in [-0.15, -0.1) is 11.8 Å². The second-order valence-electron chi connectivity index (χ2n) is 9.80. The number of aliphatic hydroxyl groups is 1. The molecular weight excluding hydrogens is 414 g/mol. The van der Waals surface area contributed by atoms with Gasteiger partial charge in [-0.25, -0.2) is 0 Å². The molecule has 7 nitrogen and oxygen atoms in total. The fourth-order valence-electron chi connectivity index (χ4n) is 6.49. The normalized spacial score (nSPS) is 37.2. The van der Waals surface area contributed by atoms with Gasteiger partial charge < -0.3 is 20.6 Å². The summed E-state index contributed by atoms with van der Waals surface area (Å²) in [5.41, 5.74) is 0. The van der Waals surface area contributed by atoms with Crippen LogP contribution in [0, 0.1) is 17.8 Å². The highest BCUT2D eigenvalue weighted by Crippen LogP contribution is 2.68. The summed E-state index contributed by atoms with van der Waals surface area (Å²) in [4.78, 5) is 42.1. The first kappa shape index (κ1) is 22.9. The number of aliphatic hydroxyl groups excluding tert-OH is 1. The SMILES string of the molecule is CCCNC(=O)[C@@H]1[C@@H]2CC(C)C3(S2)C(C(=O)NC2CCCCC2)N(CCCO)C(=O)[C@H]13. The standard InChI is InChI=1S/C23H37N3O4S/c1-3-10-24-20(28)17-16-13-14(2)23(31-16)18(17)22(30)26(11-7-12-27)19(23)21(29)25-15-8-5-4-6-9-15/h14-19,27H,3-13H2,1-2H3,(H,24,28)(H,25,29)/t14?,16-,17+,18-,19?,23?/m0/s1. The van der Waals surface area contributed by atoms with Crippen molar-refractivity contribution in [2.24, 2.45) is 17.8 Å². The Labute approximate surface area is 189 Å². The lowest BCUT2D eigenvalue weighted by Gasteiger charge is -2.39. The predicted octanol–water partition coefficient (Wildman–Crippen LogP) is 1.68. The van der Waals surface area contributed by atoms with E-state index in [0.29, 0.717) is 19.5 Å². The number of amides is 3. The van der Waals surface area contributed by atoms with Gasteiger partial charge in [0.25, 0.3) is 0 Å². The molecule has 3 unspecified atom stereocenters. The van der Waals surface area contributed by atoms with Gasteiger partial charge in [0, 0.05) is 31.0 Å². The van der Waals surface area contributed by atoms with Gasteiger partial charge in [-0.3, -0.25) is 14.4 Å². The van der Waals surface area contributed by atoms with Crippen LogP contribution in [-0.4, -0.2) is 69.5 Å². The van der Waals surface area contributed by atoms with Crippen molar-refractivity contribution in [1.82, 2.24) is 15.5 Å². The summed E-state index contributed by atoms with van der Waals surface area (Å²) in [7, 11) is 0. The van der Waals surface area contributed by atoms with Crippen molar-refractivity contribution in [3.05, 3.63) is 0 Å². The first-order chi connectivity index (χ1) is 15.0. The highest BCUT2D eigenvalue weighted by atomic mass is 32.2. The largest absolute Gasteiger partial charge is 0.396 e. The molecule has 3 amide bonds. The smallest absolute Gasteiger partial charge is 0.244 e. The maximum absolute atomic E-state index is 13.7. The van der Waals surface area contributed by atoms with E-state index in [1.807, 2.05) is 6.92 Å². The summed E-state index contributed by atoms with van der Waals surface area (Å²) in [5, 5.41) is 15.8. The molecule has 2 bridgehead atoms. The molecule has 0 aromatic rings. The molecule has 4 rings (SSSR count). The van der Waals surface area contributed by atoms with Crippen LogP contribution in [-0.2, 0) is 14.4 Å². The highest BCUT2D eigenvalue weighted by Gasteiger charge is 2.75. The second-order valence-corrected chi connectivity index (χ2v) is 11.3. The molecule has 8 heteroatoms. The fraction of sp³-hybridized carbons (Fsp3) is 0.870. The Morgan fingerprint density at radius 1 is 1.23 bits per heavy atom. The number of rotatable bonds is 8. The third kappa shape index (κ3) is 3.77. The number of likely N-dealkylation sites (tertiary alicyclic amines) is 1. The molecule has 4 fully saturated rings. The monoisotopic (exact) mass is 451 g/mol. The van der Waals surface area contributed by atoms with E-state index >= 15 is 0 Å². The van der Waals surface area contributed by atoms with Crippen LogP contribution < -0.4 is 10.6 Å². The zero-order valence-electron chi connectivity index (χ0n) is 18.8. The van der Waals surface area contributed by atoms with Crippen molar-refractivity contribution in [3.63, 3.8) is 0 Å². The minimum absolute atomic E-state index is 0.0237. The average molecular weight is 452 g/mol. The van der Waals surface area contributed by atoms with Gasteiger partial charge in [0.2, 0.25) is 17.7 Å². The van der Waals surface area contributed by atoms with Crippen LogP contribution in [0.2, 0.25) is 0 Å². The summed E-state index contributed by atoms with van der Waals surface area (Å²) in [5.74, 6) is -0.811. The van der Waals surface area contributed by atoms with E-state index in [-0.39, 0.29) is 47.5 Å². The summed E-state index contributed by atoms with van der Waals surface area (Å²) in [6.45, 7) is 5.10. The lowest BCUT2D eigenvalue weighted by atomic mass is 9.65. The van der Waals surface area contributed by atoms with Crippen LogP contribution in [0.1, 0.15) is 65.2 Å². The van der Waals surface area contributed by atoms with E-state index in [9.17, 15) is 19.5 Å². The Kier molecular flexibility index (Phi) is 6.87. The van der Waals surface area contributed by atoms with Gasteiger partial charge in [0.05, 0.1) is 16.6 Å². The zero-order chi connectivity index (χ0) is 22.2. The van der Waals surface area contributed by atoms with Crippen LogP contribution in [0.25, 0.3) is 0 Å². The van der Waals surface area contributed by atoms with Crippen LogP contribution in [0.5, 0.6) is 0 Å². The first-order valence-corrected chi connectivity index (χ1v) is 13.0. The third-order valence-electron chi connectivity index (χ3n) is 7.85. The lowest BCUT2D eigenvalue weighted by Crippen LogP contribution is -2.58. The predicted molar refractivity (Wildman–Crippen MR) is 120 cm³/mol. The van der Waals surface area contributed by atoms with Crippen LogP contribution in [0.15, 0.2) is 0 Å². The highest BCUT2D eigenvalue weighted by molar-refractivity contribution is 8.02. The molecule has 31 heavy (non-hydrogen) atoms. The number of hydrogen-bond donors (Lipinski definition) is 3. The number of carbonyl (C=O) groups excluding carboxylic acids is 3. The summed E-state index contributed by atoms with van der Waals surface area (Å²) < 4.78 is -0.551. The molecule has 0 aromatic heterocycles. The van der Waals surface area contributed by atoms with E-state index in [2.05, 4.69) is 17.6 Å². The molecule has 0 radical (unpaired) electrons. The molecule has 4 aliphatic rings. The number of hydrogen-bond acceptors (Lipinski definition) is 5. The quantitative estimate of drug-likeness (QED) is 0.522. The maximum Gasteiger partial charge on any atom is 0.244 e. The Morgan fingerprint density at radius 3 is 2.65 bits per heavy atom. The van der Waals surface area contributed by atoms with Gasteiger partial charge in [-0.1, -0.05) is 33.1 Å². The summed E-state index contributed by atoms with van der Waals surface area (Å²) >= 11 is 1.72. The molecule has 3 heterocycles. The zero-order valence-corrected chi connectivity index (χ0v) is 19.6. The van der Waals surface area contributed by atoms with Crippen molar-refractivity contribution in [2.45, 2.75) is 87.3 Å². The molecular formula is C23H37N3O4S. The summed E-state index contributed by atoms with van der Waals surface area (Å²) in [6, 6.07) is -0.387. The van der Waals surface area contributed by atoms with Gasteiger partial charge in [0.1, 0.15) is 6.04 Å². The van der Waals surface area contributed by atoms with E-state index < -0.39 is 16.7 Å². The topological polar surface area (TPSA) is 98.7 Å². The molecule has 174 valence electrons. The molecule has 3 aliphatic heterocycles. The Bertz CT molecular complexity index is 713. The number of nitrogens with one attached hydrogen (secondary N) is 2. The minimum Gasteiger partial charge on any atom is -0.396 e. The summed E-state index contributed by atoms with van der Waals surface area (Å²) in [6.07, 6.45) is 7.61. The van der Waals surface area contributed by atoms with Gasteiger partial charge >= 0.3 is 0 Å². The van der Waals surface area contributed by atoms with Crippen LogP contribution in [0.4, 0.5) is 0 Å². The van der Waals surface area contributed by atoms with E-state index in [4.69, 9.17) is 0 Å². The number of nitrogens with zero attached hydrogens (tertiary/aromatic N) is 1. The molecule has 1 spiro atoms. The number of fused-ring (bicyclic) bond motifs is 1. The van der Waals surface area contributed by atoms with Crippen LogP contribution >= 0.6 is 11.8 Å². The van der Waals surface area contributed by atoms with E-state index in [0.717, 1.165) is 38.5 Å². The van der Waals surface area contributed by atoms with Crippen molar-refractivity contribution in [3.8, 4) is 0 Å².